The summed E-state index contributed by atoms with van der Waals surface area (Å²) in [5, 5.41) is 0. The van der Waals surface area contributed by atoms with Crippen molar-refractivity contribution >= 4 is 0 Å². The summed E-state index contributed by atoms with van der Waals surface area (Å²) < 4.78 is 103. The Labute approximate surface area is 192 Å². The standard InChI is InChI=1S/C26H31F5O/c1-2-3-4-5-18-6-8-19(9-7-18)10-11-20-12-14-22(23(27)16-20)21-13-15-25(24(28)17-21)32-26(29,30)31/h12-19H,2-11H2,1H3/i13D,15D,16D,17D. The molecule has 0 N–H and O–H groups in total. The average Bonchev–Trinajstić information content (AvgIpc) is 2.83. The monoisotopic (exact) mass is 458 g/mol. The van der Waals surface area contributed by atoms with Crippen LogP contribution in [0.5, 0.6) is 5.75 Å². The molecule has 0 heterocycles. The number of alkyl halides is 3. The van der Waals surface area contributed by atoms with E-state index in [1.165, 1.54) is 50.7 Å². The Hall–Kier alpha value is -2.11. The van der Waals surface area contributed by atoms with E-state index >= 15 is 4.39 Å². The summed E-state index contributed by atoms with van der Waals surface area (Å²) in [6.45, 7) is 2.19. The van der Waals surface area contributed by atoms with Gasteiger partial charge in [-0.15, -0.1) is 13.2 Å². The Bertz CT molecular complexity index is 1040. The van der Waals surface area contributed by atoms with Crippen molar-refractivity contribution in [2.75, 3.05) is 0 Å². The first-order valence-electron chi connectivity index (χ1n) is 13.3. The second-order valence-electron chi connectivity index (χ2n) is 8.57. The zero-order valence-corrected chi connectivity index (χ0v) is 18.2. The topological polar surface area (TPSA) is 9.23 Å². The summed E-state index contributed by atoms with van der Waals surface area (Å²) >= 11 is 0. The maximum Gasteiger partial charge on any atom is 0.573 e. The van der Waals surface area contributed by atoms with Crippen LogP contribution in [0, 0.1) is 23.5 Å². The number of hydrogen-bond donors (Lipinski definition) is 0. The van der Waals surface area contributed by atoms with Gasteiger partial charge >= 0.3 is 6.36 Å². The molecule has 0 saturated heterocycles. The van der Waals surface area contributed by atoms with Gasteiger partial charge in [0.1, 0.15) is 5.82 Å². The molecular formula is C26H31F5O. The van der Waals surface area contributed by atoms with Crippen LogP contribution in [0.2, 0.25) is 0 Å². The molecule has 32 heavy (non-hydrogen) atoms. The molecule has 6 heteroatoms. The predicted molar refractivity (Wildman–Crippen MR) is 116 cm³/mol. The molecule has 0 aliphatic heterocycles. The first-order valence-corrected chi connectivity index (χ1v) is 11.3. The largest absolute Gasteiger partial charge is 0.573 e. The maximum absolute atomic E-state index is 15.2. The molecular weight excluding hydrogens is 423 g/mol. The molecule has 2 aromatic rings. The van der Waals surface area contributed by atoms with Gasteiger partial charge in [0.25, 0.3) is 0 Å². The fourth-order valence-electron chi connectivity index (χ4n) is 4.39. The second kappa shape index (κ2) is 11.2. The molecule has 0 unspecified atom stereocenters. The lowest BCUT2D eigenvalue weighted by Crippen LogP contribution is -2.17. The van der Waals surface area contributed by atoms with Crippen molar-refractivity contribution in [3.63, 3.8) is 0 Å². The van der Waals surface area contributed by atoms with Crippen molar-refractivity contribution in [1.29, 1.82) is 0 Å². The van der Waals surface area contributed by atoms with E-state index < -0.39 is 59.0 Å². The van der Waals surface area contributed by atoms with E-state index in [9.17, 15) is 17.6 Å². The predicted octanol–water partition coefficient (Wildman–Crippen LogP) is 8.85. The van der Waals surface area contributed by atoms with Gasteiger partial charge in [-0.2, -0.15) is 0 Å². The molecule has 1 nitrogen and oxygen atoms in total. The SMILES string of the molecule is [2H]c1c(CCC2CCC(CCCCC)CC2)ccc(-c2c([2H])c([2H])c(OC(F)(F)F)c(F)c2[2H])c1F. The molecule has 2 aromatic carbocycles. The van der Waals surface area contributed by atoms with Gasteiger partial charge in [0.2, 0.25) is 0 Å². The van der Waals surface area contributed by atoms with Gasteiger partial charge in [-0.05, 0) is 53.9 Å². The summed E-state index contributed by atoms with van der Waals surface area (Å²) in [5.41, 5.74) is -0.730. The van der Waals surface area contributed by atoms with Crippen molar-refractivity contribution in [1.82, 2.24) is 0 Å². The third kappa shape index (κ3) is 7.21. The molecule has 0 aromatic heterocycles. The summed E-state index contributed by atoms with van der Waals surface area (Å²) in [6, 6.07) is -1.22. The van der Waals surface area contributed by atoms with Crippen LogP contribution in [0.25, 0.3) is 11.1 Å². The molecule has 1 fully saturated rings. The number of halogens is 5. The fraction of sp³-hybridized carbons (Fsp3) is 0.538. The van der Waals surface area contributed by atoms with E-state index in [4.69, 9.17) is 5.48 Å². The zero-order chi connectivity index (χ0) is 26.6. The smallest absolute Gasteiger partial charge is 0.403 e. The van der Waals surface area contributed by atoms with Crippen molar-refractivity contribution in [3.8, 4) is 16.9 Å². The number of hydrogen-bond acceptors (Lipinski definition) is 1. The molecule has 0 amide bonds. The lowest BCUT2D eigenvalue weighted by Gasteiger charge is -2.28. The summed E-state index contributed by atoms with van der Waals surface area (Å²) in [6.07, 6.45) is 5.53. The lowest BCUT2D eigenvalue weighted by atomic mass is 9.78. The number of ether oxygens (including phenoxy) is 1. The average molecular weight is 459 g/mol. The second-order valence-corrected chi connectivity index (χ2v) is 8.57. The quantitative estimate of drug-likeness (QED) is 0.269. The molecule has 0 atom stereocenters. The van der Waals surface area contributed by atoms with Crippen LogP contribution < -0.4 is 4.74 Å². The summed E-state index contributed by atoms with van der Waals surface area (Å²) in [5.74, 6) is -3.26. The minimum atomic E-state index is -5.33. The molecule has 3 rings (SSSR count). The molecule has 1 aliphatic carbocycles. The van der Waals surface area contributed by atoms with Crippen molar-refractivity contribution in [2.45, 2.75) is 77.5 Å². The number of benzene rings is 2. The Morgan fingerprint density at radius 1 is 0.938 bits per heavy atom. The van der Waals surface area contributed by atoms with Gasteiger partial charge in [-0.3, -0.25) is 0 Å². The molecule has 0 bridgehead atoms. The Morgan fingerprint density at radius 3 is 2.28 bits per heavy atom. The van der Waals surface area contributed by atoms with Crippen molar-refractivity contribution < 1.29 is 32.2 Å². The number of aryl methyl sites for hydroxylation is 1. The summed E-state index contributed by atoms with van der Waals surface area (Å²) in [4.78, 5) is 0. The van der Waals surface area contributed by atoms with Crippen LogP contribution in [0.3, 0.4) is 0 Å². The fourth-order valence-corrected chi connectivity index (χ4v) is 4.39. The molecule has 1 aliphatic rings. The normalized spacial score (nSPS) is 20.9. The van der Waals surface area contributed by atoms with Crippen molar-refractivity contribution in [3.05, 3.63) is 53.5 Å². The third-order valence-corrected chi connectivity index (χ3v) is 6.18. The van der Waals surface area contributed by atoms with Crippen LogP contribution in [-0.2, 0) is 6.42 Å². The zero-order valence-electron chi connectivity index (χ0n) is 22.2. The van der Waals surface area contributed by atoms with Gasteiger partial charge in [0.05, 0.1) is 5.48 Å². The van der Waals surface area contributed by atoms with E-state index in [2.05, 4.69) is 11.7 Å². The van der Waals surface area contributed by atoms with Crippen molar-refractivity contribution in [2.24, 2.45) is 11.8 Å². The lowest BCUT2D eigenvalue weighted by molar-refractivity contribution is -0.275. The van der Waals surface area contributed by atoms with Gasteiger partial charge in [0.15, 0.2) is 11.6 Å². The Balaban J connectivity index is 1.75. The maximum atomic E-state index is 15.2. The van der Waals surface area contributed by atoms with Gasteiger partial charge in [-0.25, -0.2) is 8.78 Å². The first-order chi connectivity index (χ1) is 16.9. The van der Waals surface area contributed by atoms with E-state index in [-0.39, 0.29) is 0 Å². The van der Waals surface area contributed by atoms with Gasteiger partial charge < -0.3 is 4.74 Å². The van der Waals surface area contributed by atoms with Gasteiger partial charge in [0, 0.05) is 5.56 Å². The highest BCUT2D eigenvalue weighted by atomic mass is 19.4. The van der Waals surface area contributed by atoms with Crippen LogP contribution in [0.15, 0.2) is 36.3 Å². The molecule has 1 saturated carbocycles. The molecule has 0 spiro atoms. The van der Waals surface area contributed by atoms with Crippen LogP contribution >= 0.6 is 0 Å². The van der Waals surface area contributed by atoms with Gasteiger partial charge in [-0.1, -0.05) is 76.5 Å². The minimum absolute atomic E-state index is 0.433. The van der Waals surface area contributed by atoms with Crippen LogP contribution in [-0.4, -0.2) is 6.36 Å². The van der Waals surface area contributed by atoms with Crippen LogP contribution in [0.4, 0.5) is 22.0 Å². The highest BCUT2D eigenvalue weighted by molar-refractivity contribution is 5.65. The summed E-state index contributed by atoms with van der Waals surface area (Å²) in [7, 11) is 0. The Morgan fingerprint density at radius 2 is 1.62 bits per heavy atom. The van der Waals surface area contributed by atoms with E-state index in [1.54, 1.807) is 0 Å². The van der Waals surface area contributed by atoms with Crippen LogP contribution in [0.1, 0.15) is 75.8 Å². The number of rotatable bonds is 9. The van der Waals surface area contributed by atoms with E-state index in [0.29, 0.717) is 17.9 Å². The molecule has 176 valence electrons. The highest BCUT2D eigenvalue weighted by Crippen LogP contribution is 2.35. The Kier molecular flexibility index (Phi) is 6.75. The van der Waals surface area contributed by atoms with E-state index in [0.717, 1.165) is 25.2 Å². The molecule has 0 radical (unpaired) electrons. The van der Waals surface area contributed by atoms with E-state index in [1.807, 2.05) is 0 Å². The first kappa shape index (κ1) is 19.4. The number of unbranched alkanes of at least 4 members (excludes halogenated alkanes) is 2. The minimum Gasteiger partial charge on any atom is -0.403 e. The third-order valence-electron chi connectivity index (χ3n) is 6.18. The highest BCUT2D eigenvalue weighted by Gasteiger charge is 2.32.